The molecule has 0 aliphatic carbocycles. The van der Waals surface area contributed by atoms with Gasteiger partial charge in [0.15, 0.2) is 0 Å². The van der Waals surface area contributed by atoms with Crippen LogP contribution in [-0.4, -0.2) is 32.7 Å². The van der Waals surface area contributed by atoms with Gasteiger partial charge in [-0.25, -0.2) is 4.98 Å². The van der Waals surface area contributed by atoms with Crippen molar-refractivity contribution in [2.45, 2.75) is 26.6 Å². The Labute approximate surface area is 299 Å². The Bertz CT molecular complexity index is 2520. The molecule has 5 aromatic carbocycles. The normalized spacial score (nSPS) is 11.6. The number of para-hydroxylation sites is 2. The summed E-state index contributed by atoms with van der Waals surface area (Å²) in [6.07, 6.45) is 3.61. The Balaban J connectivity index is 1.39. The number of aryl methyl sites for hydroxylation is 1. The van der Waals surface area contributed by atoms with E-state index >= 15 is 0 Å². The predicted octanol–water partition coefficient (Wildman–Crippen LogP) is 10.7. The number of pyridine rings is 2. The maximum atomic E-state index is 11.1. The summed E-state index contributed by atoms with van der Waals surface area (Å²) < 4.78 is 2.12. The van der Waals surface area contributed by atoms with Gasteiger partial charge in [0.25, 0.3) is 0 Å². The van der Waals surface area contributed by atoms with E-state index < -0.39 is 8.07 Å². The maximum Gasteiger partial charge on any atom is 0.149 e. The quantitative estimate of drug-likeness (QED) is 0.170. The monoisotopic (exact) mass is 678 g/mol. The van der Waals surface area contributed by atoms with Gasteiger partial charge in [0.05, 0.1) is 36.6 Å². The molecular weight excluding hydrogens is 641 g/mol. The van der Waals surface area contributed by atoms with Crippen molar-refractivity contribution in [2.24, 2.45) is 0 Å². The number of hydrogen-bond donors (Lipinski definition) is 1. The molecular formula is C45H38N4OSi. The zero-order chi connectivity index (χ0) is 35.1. The number of nitrogens with zero attached hydrogens (tertiary/aromatic N) is 4. The lowest BCUT2D eigenvalue weighted by molar-refractivity contribution is 0.474. The molecule has 0 unspecified atom stereocenters. The van der Waals surface area contributed by atoms with E-state index in [1.165, 1.54) is 22.5 Å². The van der Waals surface area contributed by atoms with Gasteiger partial charge in [0, 0.05) is 28.7 Å². The molecule has 0 bridgehead atoms. The van der Waals surface area contributed by atoms with Crippen LogP contribution < -0.4 is 5.19 Å². The third kappa shape index (κ3) is 6.15. The van der Waals surface area contributed by atoms with Crippen molar-refractivity contribution in [3.63, 3.8) is 0 Å². The molecule has 248 valence electrons. The van der Waals surface area contributed by atoms with Crippen LogP contribution in [0.25, 0.3) is 72.7 Å². The van der Waals surface area contributed by atoms with Gasteiger partial charge in [-0.3, -0.25) is 14.5 Å². The Hall–Kier alpha value is -6.11. The molecule has 51 heavy (non-hydrogen) atoms. The first-order chi connectivity index (χ1) is 24.7. The number of fused-ring (bicyclic) bond motifs is 1. The van der Waals surface area contributed by atoms with E-state index in [0.717, 1.165) is 55.9 Å². The highest BCUT2D eigenvalue weighted by molar-refractivity contribution is 6.89. The summed E-state index contributed by atoms with van der Waals surface area (Å²) >= 11 is 0. The van der Waals surface area contributed by atoms with Gasteiger partial charge in [-0.2, -0.15) is 0 Å². The number of imidazole rings is 1. The first-order valence-electron chi connectivity index (χ1n) is 17.2. The average molecular weight is 679 g/mol. The average Bonchev–Trinajstić information content (AvgIpc) is 3.56. The highest BCUT2D eigenvalue weighted by atomic mass is 28.3. The standard InChI is InChI=1S/C45H38N4OSi/c1-30-23-39(42(50)28-46-30)45-48-44-37(21-14-22-41(44)49(45)36-19-12-7-13-20-36)34-24-33(31-15-8-5-9-16-31)25-35(26-34)40-27-38(32-17-10-6-11-18-32)43(29-47-40)51(2,3)4/h5-29,50H,1-4H3. The first-order valence-corrected chi connectivity index (χ1v) is 20.7. The minimum absolute atomic E-state index is 0.0880. The van der Waals surface area contributed by atoms with Gasteiger partial charge in [0.2, 0.25) is 0 Å². The molecule has 8 rings (SSSR count). The summed E-state index contributed by atoms with van der Waals surface area (Å²) in [7, 11) is -1.70. The van der Waals surface area contributed by atoms with Crippen molar-refractivity contribution in [3.05, 3.63) is 158 Å². The second-order valence-electron chi connectivity index (χ2n) is 14.0. The molecule has 0 saturated carbocycles. The van der Waals surface area contributed by atoms with Crippen LogP contribution in [0.2, 0.25) is 19.6 Å². The van der Waals surface area contributed by atoms with E-state index in [1.54, 1.807) is 0 Å². The Kier molecular flexibility index (Phi) is 8.17. The molecule has 0 aliphatic rings. The highest BCUT2D eigenvalue weighted by Gasteiger charge is 2.24. The summed E-state index contributed by atoms with van der Waals surface area (Å²) in [6, 6.07) is 48.6. The molecule has 8 aromatic rings. The maximum absolute atomic E-state index is 11.1. The number of benzene rings is 5. The molecule has 0 fully saturated rings. The van der Waals surface area contributed by atoms with Gasteiger partial charge in [-0.05, 0) is 88.5 Å². The van der Waals surface area contributed by atoms with Gasteiger partial charge in [-0.15, -0.1) is 0 Å². The number of hydrogen-bond acceptors (Lipinski definition) is 4. The fourth-order valence-electron chi connectivity index (χ4n) is 6.88. The molecule has 0 aliphatic heterocycles. The third-order valence-corrected chi connectivity index (χ3v) is 11.4. The van der Waals surface area contributed by atoms with Gasteiger partial charge < -0.3 is 5.11 Å². The Morgan fingerprint density at radius 2 is 1.20 bits per heavy atom. The summed E-state index contributed by atoms with van der Waals surface area (Å²) in [4.78, 5) is 14.7. The van der Waals surface area contributed by atoms with Crippen molar-refractivity contribution in [1.82, 2.24) is 19.5 Å². The molecule has 0 atom stereocenters. The molecule has 0 amide bonds. The van der Waals surface area contributed by atoms with Crippen LogP contribution in [-0.2, 0) is 0 Å². The van der Waals surface area contributed by atoms with Gasteiger partial charge in [0.1, 0.15) is 11.6 Å². The molecule has 3 aromatic heterocycles. The zero-order valence-corrected chi connectivity index (χ0v) is 30.2. The Morgan fingerprint density at radius 1 is 0.549 bits per heavy atom. The second-order valence-corrected chi connectivity index (χ2v) is 19.1. The van der Waals surface area contributed by atoms with Crippen molar-refractivity contribution >= 4 is 24.3 Å². The van der Waals surface area contributed by atoms with E-state index in [-0.39, 0.29) is 5.75 Å². The van der Waals surface area contributed by atoms with Crippen molar-refractivity contribution in [1.29, 1.82) is 0 Å². The minimum atomic E-state index is -1.70. The number of aromatic nitrogens is 4. The van der Waals surface area contributed by atoms with Crippen LogP contribution in [0.1, 0.15) is 5.69 Å². The van der Waals surface area contributed by atoms with E-state index in [4.69, 9.17) is 9.97 Å². The predicted molar refractivity (Wildman–Crippen MR) is 213 cm³/mol. The lowest BCUT2D eigenvalue weighted by Gasteiger charge is -2.22. The molecule has 3 heterocycles. The number of aromatic hydroxyl groups is 1. The number of rotatable bonds is 7. The minimum Gasteiger partial charge on any atom is -0.506 e. The van der Waals surface area contributed by atoms with Crippen LogP contribution in [0.3, 0.4) is 0 Å². The summed E-state index contributed by atoms with van der Waals surface area (Å²) in [5.41, 5.74) is 12.8. The van der Waals surface area contributed by atoms with E-state index in [0.29, 0.717) is 11.4 Å². The van der Waals surface area contributed by atoms with Crippen LogP contribution in [0, 0.1) is 6.92 Å². The molecule has 6 heteroatoms. The largest absolute Gasteiger partial charge is 0.506 e. The van der Waals surface area contributed by atoms with Crippen molar-refractivity contribution in [2.75, 3.05) is 0 Å². The van der Waals surface area contributed by atoms with Gasteiger partial charge in [-0.1, -0.05) is 111 Å². The molecule has 0 radical (unpaired) electrons. The SMILES string of the molecule is Cc1cc(-c2nc3c(-c4cc(-c5ccccc5)cc(-c5cc(-c6ccccc6)c([Si](C)(C)C)cn5)c4)cccc3n2-c2ccccc2)c(O)cn1. The lowest BCUT2D eigenvalue weighted by atomic mass is 9.93. The summed E-state index contributed by atoms with van der Waals surface area (Å²) in [6.45, 7) is 9.05. The fraction of sp³-hybridized carbons (Fsp3) is 0.0889. The van der Waals surface area contributed by atoms with Gasteiger partial charge >= 0.3 is 0 Å². The van der Waals surface area contributed by atoms with Crippen LogP contribution in [0.15, 0.2) is 152 Å². The lowest BCUT2D eigenvalue weighted by Crippen LogP contribution is -2.39. The smallest absolute Gasteiger partial charge is 0.149 e. The van der Waals surface area contributed by atoms with Crippen LogP contribution in [0.5, 0.6) is 5.75 Å². The third-order valence-electron chi connectivity index (χ3n) is 9.40. The molecule has 0 spiro atoms. The van der Waals surface area contributed by atoms with E-state index in [9.17, 15) is 5.11 Å². The van der Waals surface area contributed by atoms with Crippen LogP contribution in [0.4, 0.5) is 0 Å². The zero-order valence-electron chi connectivity index (χ0n) is 29.2. The highest BCUT2D eigenvalue weighted by Crippen LogP contribution is 2.40. The Morgan fingerprint density at radius 3 is 1.90 bits per heavy atom. The summed E-state index contributed by atoms with van der Waals surface area (Å²) in [5.74, 6) is 0.743. The molecule has 0 saturated heterocycles. The first kappa shape index (κ1) is 32.1. The van der Waals surface area contributed by atoms with E-state index in [2.05, 4.69) is 145 Å². The molecule has 1 N–H and O–H groups in total. The van der Waals surface area contributed by atoms with Crippen molar-refractivity contribution in [3.8, 4) is 67.5 Å². The van der Waals surface area contributed by atoms with Crippen LogP contribution >= 0.6 is 0 Å². The molecule has 5 nitrogen and oxygen atoms in total. The summed E-state index contributed by atoms with van der Waals surface area (Å²) in [5, 5.41) is 12.4. The van der Waals surface area contributed by atoms with E-state index in [1.807, 2.05) is 37.3 Å². The second kappa shape index (κ2) is 13.0. The topological polar surface area (TPSA) is 63.8 Å². The fourth-order valence-corrected chi connectivity index (χ4v) is 8.36. The van der Waals surface area contributed by atoms with Crippen molar-refractivity contribution < 1.29 is 5.11 Å².